The van der Waals surface area contributed by atoms with Crippen molar-refractivity contribution in [3.05, 3.63) is 65.1 Å². The van der Waals surface area contributed by atoms with E-state index in [1.54, 1.807) is 31.4 Å². The summed E-state index contributed by atoms with van der Waals surface area (Å²) in [6.07, 6.45) is 2.25. The van der Waals surface area contributed by atoms with Gasteiger partial charge in [0.05, 0.1) is 30.8 Å². The summed E-state index contributed by atoms with van der Waals surface area (Å²) in [5.41, 5.74) is 3.49. The smallest absolute Gasteiger partial charge is 0.260 e. The fraction of sp³-hybridized carbons (Fsp3) is 0.150. The highest BCUT2D eigenvalue weighted by Gasteiger charge is 2.20. The number of hydrogen-bond acceptors (Lipinski definition) is 6. The van der Waals surface area contributed by atoms with Gasteiger partial charge in [-0.05, 0) is 42.5 Å². The Kier molecular flexibility index (Phi) is 6.71. The molecule has 1 aromatic heterocycles. The maximum absolute atomic E-state index is 13.1. The average Bonchev–Trinajstić information content (AvgIpc) is 2.72. The van der Waals surface area contributed by atoms with E-state index in [4.69, 9.17) is 16.3 Å². The lowest BCUT2D eigenvalue weighted by Gasteiger charge is -2.21. The second-order valence-corrected chi connectivity index (χ2v) is 8.73. The van der Waals surface area contributed by atoms with Gasteiger partial charge in [0.15, 0.2) is 0 Å². The highest BCUT2D eigenvalue weighted by Crippen LogP contribution is 2.23. The molecule has 0 spiro atoms. The molecule has 2 aromatic carbocycles. The van der Waals surface area contributed by atoms with Gasteiger partial charge >= 0.3 is 0 Å². The standard InChI is InChI=1S/C20H18ClFN4O4S/c1-30-17-8-3-13-9-14(20(21)24-18(13)10-17)11-23-25-19(27)12-26(31(2,28)29)16-6-4-15(22)5-7-16/h3-11H,12H2,1-2H3,(H,25,27)/b23-11-. The zero-order valence-electron chi connectivity index (χ0n) is 16.5. The van der Waals surface area contributed by atoms with Crippen LogP contribution in [0.4, 0.5) is 10.1 Å². The van der Waals surface area contributed by atoms with Gasteiger partial charge < -0.3 is 4.74 Å². The number of sulfonamides is 1. The summed E-state index contributed by atoms with van der Waals surface area (Å²) in [5.74, 6) is -0.576. The topological polar surface area (TPSA) is 101 Å². The first-order valence-electron chi connectivity index (χ1n) is 8.87. The third-order valence-electron chi connectivity index (χ3n) is 4.20. The number of amides is 1. The number of carbonyl (C=O) groups excluding carboxylic acids is 1. The SMILES string of the molecule is COc1ccc2cc(/C=N\NC(=O)CN(c3ccc(F)cc3)S(C)(=O)=O)c(Cl)nc2c1. The van der Waals surface area contributed by atoms with Crippen LogP contribution in [0.1, 0.15) is 5.56 Å². The number of hydrazone groups is 1. The molecule has 0 fully saturated rings. The van der Waals surface area contributed by atoms with Crippen molar-refractivity contribution in [2.75, 3.05) is 24.2 Å². The lowest BCUT2D eigenvalue weighted by Crippen LogP contribution is -2.39. The predicted molar refractivity (Wildman–Crippen MR) is 118 cm³/mol. The number of benzene rings is 2. The molecule has 0 radical (unpaired) electrons. The van der Waals surface area contributed by atoms with E-state index in [9.17, 15) is 17.6 Å². The van der Waals surface area contributed by atoms with Crippen molar-refractivity contribution in [1.82, 2.24) is 10.4 Å². The maximum Gasteiger partial charge on any atom is 0.260 e. The highest BCUT2D eigenvalue weighted by atomic mass is 35.5. The molecule has 0 aliphatic heterocycles. The summed E-state index contributed by atoms with van der Waals surface area (Å²) in [5, 5.41) is 4.79. The number of methoxy groups -OCH3 is 1. The van der Waals surface area contributed by atoms with Crippen molar-refractivity contribution in [2.24, 2.45) is 5.10 Å². The number of fused-ring (bicyclic) bond motifs is 1. The molecule has 1 amide bonds. The van der Waals surface area contributed by atoms with E-state index in [1.165, 1.54) is 18.3 Å². The quantitative estimate of drug-likeness (QED) is 0.329. The van der Waals surface area contributed by atoms with Gasteiger partial charge in [-0.3, -0.25) is 9.10 Å². The zero-order valence-corrected chi connectivity index (χ0v) is 18.1. The Morgan fingerprint density at radius 3 is 2.61 bits per heavy atom. The van der Waals surface area contributed by atoms with Gasteiger partial charge in [0.1, 0.15) is 23.3 Å². The van der Waals surface area contributed by atoms with Crippen LogP contribution >= 0.6 is 11.6 Å². The molecule has 0 bridgehead atoms. The predicted octanol–water partition coefficient (Wildman–Crippen LogP) is 2.95. The van der Waals surface area contributed by atoms with Crippen LogP contribution in [-0.4, -0.2) is 45.4 Å². The number of nitrogens with one attached hydrogen (secondary N) is 1. The Hall–Kier alpha value is -3.24. The second kappa shape index (κ2) is 9.27. The Balaban J connectivity index is 1.73. The van der Waals surface area contributed by atoms with E-state index in [0.29, 0.717) is 16.8 Å². The van der Waals surface area contributed by atoms with Crippen molar-refractivity contribution in [2.45, 2.75) is 0 Å². The van der Waals surface area contributed by atoms with E-state index in [2.05, 4.69) is 15.5 Å². The van der Waals surface area contributed by atoms with Gasteiger partial charge in [-0.25, -0.2) is 23.2 Å². The number of rotatable bonds is 7. The molecule has 11 heteroatoms. The molecule has 3 aromatic rings. The highest BCUT2D eigenvalue weighted by molar-refractivity contribution is 7.92. The van der Waals surface area contributed by atoms with E-state index in [-0.39, 0.29) is 10.8 Å². The average molecular weight is 465 g/mol. The second-order valence-electron chi connectivity index (χ2n) is 6.47. The first-order chi connectivity index (χ1) is 14.7. The minimum Gasteiger partial charge on any atom is -0.497 e. The van der Waals surface area contributed by atoms with E-state index < -0.39 is 28.3 Å². The first-order valence-corrected chi connectivity index (χ1v) is 11.1. The lowest BCUT2D eigenvalue weighted by molar-refractivity contribution is -0.119. The molecule has 1 N–H and O–H groups in total. The van der Waals surface area contributed by atoms with Gasteiger partial charge in [-0.1, -0.05) is 11.6 Å². The lowest BCUT2D eigenvalue weighted by atomic mass is 10.1. The number of aromatic nitrogens is 1. The molecule has 162 valence electrons. The molecule has 0 aliphatic rings. The summed E-state index contributed by atoms with van der Waals surface area (Å²) >= 11 is 6.18. The summed E-state index contributed by atoms with van der Waals surface area (Å²) in [7, 11) is -2.23. The Morgan fingerprint density at radius 2 is 1.97 bits per heavy atom. The summed E-state index contributed by atoms with van der Waals surface area (Å²) < 4.78 is 43.2. The Labute approximate surface area is 183 Å². The largest absolute Gasteiger partial charge is 0.497 e. The third kappa shape index (κ3) is 5.68. The number of anilines is 1. The molecule has 3 rings (SSSR count). The Morgan fingerprint density at radius 1 is 1.26 bits per heavy atom. The van der Waals surface area contributed by atoms with Crippen LogP contribution in [0.2, 0.25) is 5.15 Å². The number of halogens is 2. The molecule has 0 aliphatic carbocycles. The number of pyridine rings is 1. The van der Waals surface area contributed by atoms with E-state index in [0.717, 1.165) is 28.1 Å². The van der Waals surface area contributed by atoms with Crippen LogP contribution in [0, 0.1) is 5.82 Å². The fourth-order valence-corrected chi connectivity index (χ4v) is 3.76. The molecule has 0 saturated heterocycles. The summed E-state index contributed by atoms with van der Waals surface area (Å²) in [4.78, 5) is 16.5. The maximum atomic E-state index is 13.1. The normalized spacial score (nSPS) is 11.6. The van der Waals surface area contributed by atoms with Gasteiger partial charge in [-0.2, -0.15) is 5.10 Å². The van der Waals surface area contributed by atoms with Crippen LogP contribution < -0.4 is 14.5 Å². The molecule has 0 saturated carbocycles. The zero-order chi connectivity index (χ0) is 22.6. The minimum absolute atomic E-state index is 0.153. The summed E-state index contributed by atoms with van der Waals surface area (Å²) in [6, 6.07) is 11.8. The number of carbonyl (C=O) groups is 1. The van der Waals surface area contributed by atoms with Gasteiger partial charge in [0.2, 0.25) is 10.0 Å². The van der Waals surface area contributed by atoms with Crippen LogP contribution in [-0.2, 0) is 14.8 Å². The Bertz CT molecular complexity index is 1250. The molecular weight excluding hydrogens is 447 g/mol. The van der Waals surface area contributed by atoms with Crippen molar-refractivity contribution in [3.63, 3.8) is 0 Å². The monoisotopic (exact) mass is 464 g/mol. The molecule has 8 nitrogen and oxygen atoms in total. The van der Waals surface area contributed by atoms with Crippen LogP contribution in [0.3, 0.4) is 0 Å². The van der Waals surface area contributed by atoms with Gasteiger partial charge in [0, 0.05) is 17.0 Å². The van der Waals surface area contributed by atoms with Crippen LogP contribution in [0.15, 0.2) is 53.6 Å². The summed E-state index contributed by atoms with van der Waals surface area (Å²) in [6.45, 7) is -0.536. The molecule has 1 heterocycles. The number of nitrogens with zero attached hydrogens (tertiary/aromatic N) is 3. The number of hydrogen-bond donors (Lipinski definition) is 1. The molecule has 31 heavy (non-hydrogen) atoms. The number of ether oxygens (including phenoxy) is 1. The van der Waals surface area contributed by atoms with Crippen molar-refractivity contribution in [1.29, 1.82) is 0 Å². The first kappa shape index (κ1) is 22.4. The van der Waals surface area contributed by atoms with Gasteiger partial charge in [-0.15, -0.1) is 0 Å². The minimum atomic E-state index is -3.78. The van der Waals surface area contributed by atoms with Crippen molar-refractivity contribution >= 4 is 50.3 Å². The molecule has 0 atom stereocenters. The van der Waals surface area contributed by atoms with E-state index >= 15 is 0 Å². The van der Waals surface area contributed by atoms with Crippen LogP contribution in [0.5, 0.6) is 5.75 Å². The molecule has 0 unspecified atom stereocenters. The molecular formula is C20H18ClFN4O4S. The third-order valence-corrected chi connectivity index (χ3v) is 5.64. The fourth-order valence-electron chi connectivity index (χ4n) is 2.70. The van der Waals surface area contributed by atoms with E-state index in [1.807, 2.05) is 0 Å². The van der Waals surface area contributed by atoms with Crippen molar-refractivity contribution in [3.8, 4) is 5.75 Å². The van der Waals surface area contributed by atoms with Crippen molar-refractivity contribution < 1.29 is 22.3 Å². The van der Waals surface area contributed by atoms with Gasteiger partial charge in [0.25, 0.3) is 5.91 Å². The van der Waals surface area contributed by atoms with Crippen LogP contribution in [0.25, 0.3) is 10.9 Å².